The maximum absolute atomic E-state index is 12.9. The van der Waals surface area contributed by atoms with Gasteiger partial charge in [0.1, 0.15) is 11.1 Å². The lowest BCUT2D eigenvalue weighted by Crippen LogP contribution is -2.56. The second-order valence-electron chi connectivity index (χ2n) is 6.88. The zero-order valence-corrected chi connectivity index (χ0v) is 14.9. The van der Waals surface area contributed by atoms with Gasteiger partial charge in [0.25, 0.3) is 0 Å². The zero-order valence-electron chi connectivity index (χ0n) is 14.1. The number of aromatic nitrogens is 2. The maximum atomic E-state index is 12.9. The minimum absolute atomic E-state index is 0.0619. The predicted octanol–water partition coefficient (Wildman–Crippen LogP) is 2.76. The van der Waals surface area contributed by atoms with Gasteiger partial charge in [0.05, 0.1) is 24.3 Å². The Morgan fingerprint density at radius 1 is 1.23 bits per heavy atom. The summed E-state index contributed by atoms with van der Waals surface area (Å²) in [7, 11) is 0. The minimum atomic E-state index is -0.254. The third-order valence-corrected chi connectivity index (χ3v) is 5.82. The normalized spacial score (nSPS) is 25.3. The molecule has 2 aliphatic rings. The lowest BCUT2D eigenvalue weighted by Gasteiger charge is -2.39. The lowest BCUT2D eigenvalue weighted by molar-refractivity contribution is -0.0339. The number of ether oxygens (including phenoxy) is 2. The Balaban J connectivity index is 1.44. The molecule has 5 rings (SSSR count). The number of nitrogens with zero attached hydrogens (tertiary/aromatic N) is 2. The van der Waals surface area contributed by atoms with E-state index in [0.29, 0.717) is 18.8 Å². The van der Waals surface area contributed by atoms with Crippen molar-refractivity contribution in [2.24, 2.45) is 0 Å². The molecule has 1 N–H and O–H groups in total. The SMILES string of the molecule is O=C(OC1C[C@H]2COC[C@@H](C1)N2)c1cn(-c2ccns2)c2ccccc12. The van der Waals surface area contributed by atoms with Gasteiger partial charge in [-0.25, -0.2) is 4.79 Å². The molecular formula is C19H19N3O3S. The molecule has 2 bridgehead atoms. The fourth-order valence-corrected chi connectivity index (χ4v) is 4.54. The second kappa shape index (κ2) is 6.50. The summed E-state index contributed by atoms with van der Waals surface area (Å²) in [6.45, 7) is 1.38. The molecule has 6 nitrogen and oxygen atoms in total. The van der Waals surface area contributed by atoms with Crippen LogP contribution in [0, 0.1) is 0 Å². The number of piperidine rings is 1. The molecule has 2 fully saturated rings. The van der Waals surface area contributed by atoms with Crippen LogP contribution in [0.1, 0.15) is 23.2 Å². The number of rotatable bonds is 3. The van der Waals surface area contributed by atoms with Gasteiger partial charge in [0, 0.05) is 42.7 Å². The smallest absolute Gasteiger partial charge is 0.340 e. The molecule has 1 unspecified atom stereocenters. The first-order valence-corrected chi connectivity index (χ1v) is 9.61. The van der Waals surface area contributed by atoms with E-state index < -0.39 is 0 Å². The molecule has 0 radical (unpaired) electrons. The van der Waals surface area contributed by atoms with Gasteiger partial charge in [-0.05, 0) is 23.7 Å². The van der Waals surface area contributed by atoms with E-state index in [1.807, 2.05) is 41.1 Å². The number of nitrogens with one attached hydrogen (secondary N) is 1. The number of carbonyl (C=O) groups is 1. The maximum Gasteiger partial charge on any atom is 0.340 e. The highest BCUT2D eigenvalue weighted by atomic mass is 32.1. The number of morpholine rings is 1. The van der Waals surface area contributed by atoms with Crippen molar-refractivity contribution < 1.29 is 14.3 Å². The van der Waals surface area contributed by atoms with Crippen LogP contribution >= 0.6 is 11.5 Å². The Morgan fingerprint density at radius 2 is 2.04 bits per heavy atom. The average molecular weight is 369 g/mol. The summed E-state index contributed by atoms with van der Waals surface area (Å²) in [6.07, 6.45) is 5.17. The van der Waals surface area contributed by atoms with Gasteiger partial charge in [-0.2, -0.15) is 4.37 Å². The van der Waals surface area contributed by atoms with Crippen LogP contribution in [0.4, 0.5) is 0 Å². The standard InChI is InChI=1S/C19H19N3O3S/c23-19(25-14-7-12-10-24-11-13(8-14)21-12)16-9-22(18-5-6-20-26-18)17-4-2-1-3-15(16)17/h1-6,9,12-14,21H,7-8,10-11H2/t12-,13+,14?. The van der Waals surface area contributed by atoms with E-state index in [1.54, 1.807) is 6.20 Å². The summed E-state index contributed by atoms with van der Waals surface area (Å²) in [5.74, 6) is -0.254. The largest absolute Gasteiger partial charge is 0.459 e. The molecule has 7 heteroatoms. The van der Waals surface area contributed by atoms with Gasteiger partial charge in [0.15, 0.2) is 0 Å². The molecular weight excluding hydrogens is 350 g/mol. The third-order valence-electron chi connectivity index (χ3n) is 5.07. The first-order chi connectivity index (χ1) is 12.8. The molecule has 3 aromatic rings. The van der Waals surface area contributed by atoms with Crippen LogP contribution in [-0.4, -0.2) is 46.3 Å². The van der Waals surface area contributed by atoms with Gasteiger partial charge in [0.2, 0.25) is 0 Å². The Morgan fingerprint density at radius 3 is 2.81 bits per heavy atom. The topological polar surface area (TPSA) is 65.4 Å². The first kappa shape index (κ1) is 16.0. The van der Waals surface area contributed by atoms with Crippen LogP contribution in [0.15, 0.2) is 42.7 Å². The minimum Gasteiger partial charge on any atom is -0.459 e. The molecule has 134 valence electrons. The van der Waals surface area contributed by atoms with Gasteiger partial charge in [-0.3, -0.25) is 0 Å². The summed E-state index contributed by atoms with van der Waals surface area (Å²) >= 11 is 1.40. The van der Waals surface area contributed by atoms with Crippen LogP contribution < -0.4 is 5.32 Å². The van der Waals surface area contributed by atoms with E-state index in [1.165, 1.54) is 11.5 Å². The van der Waals surface area contributed by atoms with Gasteiger partial charge in [-0.15, -0.1) is 0 Å². The van der Waals surface area contributed by atoms with E-state index in [9.17, 15) is 4.79 Å². The fraction of sp³-hybridized carbons (Fsp3) is 0.368. The third kappa shape index (κ3) is 2.82. The highest BCUT2D eigenvalue weighted by Gasteiger charge is 2.34. The highest BCUT2D eigenvalue weighted by molar-refractivity contribution is 7.08. The summed E-state index contributed by atoms with van der Waals surface area (Å²) < 4.78 is 17.6. The van der Waals surface area contributed by atoms with E-state index in [-0.39, 0.29) is 24.2 Å². The number of hydrogen-bond acceptors (Lipinski definition) is 6. The average Bonchev–Trinajstić information content (AvgIpc) is 3.29. The van der Waals surface area contributed by atoms with Crippen molar-refractivity contribution >= 4 is 28.4 Å². The highest BCUT2D eigenvalue weighted by Crippen LogP contribution is 2.28. The Labute approximate surface area is 154 Å². The second-order valence-corrected chi connectivity index (χ2v) is 7.69. The van der Waals surface area contributed by atoms with E-state index in [4.69, 9.17) is 9.47 Å². The van der Waals surface area contributed by atoms with Crippen LogP contribution in [0.25, 0.3) is 15.9 Å². The first-order valence-electron chi connectivity index (χ1n) is 8.84. The van der Waals surface area contributed by atoms with Crippen molar-refractivity contribution in [3.8, 4) is 5.00 Å². The van der Waals surface area contributed by atoms with Crippen LogP contribution in [-0.2, 0) is 9.47 Å². The van der Waals surface area contributed by atoms with Crippen molar-refractivity contribution in [3.05, 3.63) is 48.3 Å². The zero-order chi connectivity index (χ0) is 17.5. The van der Waals surface area contributed by atoms with E-state index >= 15 is 0 Å². The van der Waals surface area contributed by atoms with E-state index in [0.717, 1.165) is 28.7 Å². The Hall–Kier alpha value is -2.22. The van der Waals surface area contributed by atoms with Gasteiger partial charge >= 0.3 is 5.97 Å². The Bertz CT molecular complexity index is 925. The molecule has 0 amide bonds. The molecule has 2 aromatic heterocycles. The molecule has 2 saturated heterocycles. The molecule has 0 saturated carbocycles. The number of carbonyl (C=O) groups excluding carboxylic acids is 1. The number of hydrogen-bond donors (Lipinski definition) is 1. The number of esters is 1. The summed E-state index contributed by atoms with van der Waals surface area (Å²) in [5, 5.41) is 5.41. The summed E-state index contributed by atoms with van der Waals surface area (Å²) in [6, 6.07) is 10.4. The molecule has 26 heavy (non-hydrogen) atoms. The molecule has 0 spiro atoms. The molecule has 0 aliphatic carbocycles. The lowest BCUT2D eigenvalue weighted by atomic mass is 9.94. The molecule has 3 atom stereocenters. The van der Waals surface area contributed by atoms with Crippen molar-refractivity contribution in [2.75, 3.05) is 13.2 Å². The number of para-hydroxylation sites is 1. The fourth-order valence-electron chi connectivity index (χ4n) is 3.95. The van der Waals surface area contributed by atoms with E-state index in [2.05, 4.69) is 9.69 Å². The predicted molar refractivity (Wildman–Crippen MR) is 98.9 cm³/mol. The van der Waals surface area contributed by atoms with Crippen LogP contribution in [0.2, 0.25) is 0 Å². The van der Waals surface area contributed by atoms with Crippen molar-refractivity contribution in [1.29, 1.82) is 0 Å². The van der Waals surface area contributed by atoms with Crippen molar-refractivity contribution in [3.63, 3.8) is 0 Å². The van der Waals surface area contributed by atoms with Gasteiger partial charge in [-0.1, -0.05) is 18.2 Å². The summed E-state index contributed by atoms with van der Waals surface area (Å²) in [5.41, 5.74) is 1.59. The Kier molecular flexibility index (Phi) is 4.00. The van der Waals surface area contributed by atoms with Crippen molar-refractivity contribution in [1.82, 2.24) is 14.3 Å². The van der Waals surface area contributed by atoms with Crippen LogP contribution in [0.3, 0.4) is 0 Å². The molecule has 2 aliphatic heterocycles. The van der Waals surface area contributed by atoms with Crippen LogP contribution in [0.5, 0.6) is 0 Å². The quantitative estimate of drug-likeness (QED) is 0.719. The monoisotopic (exact) mass is 369 g/mol. The number of fused-ring (bicyclic) bond motifs is 3. The number of benzene rings is 1. The van der Waals surface area contributed by atoms with Gasteiger partial charge < -0.3 is 19.4 Å². The molecule has 4 heterocycles. The van der Waals surface area contributed by atoms with Crippen molar-refractivity contribution in [2.45, 2.75) is 31.0 Å². The molecule has 1 aromatic carbocycles. The summed E-state index contributed by atoms with van der Waals surface area (Å²) in [4.78, 5) is 12.9.